The monoisotopic (exact) mass is 375 g/mol. The van der Waals surface area contributed by atoms with Crippen molar-refractivity contribution in [3.63, 3.8) is 0 Å². The summed E-state index contributed by atoms with van der Waals surface area (Å²) >= 11 is 0. The summed E-state index contributed by atoms with van der Waals surface area (Å²) in [5.41, 5.74) is 5.39. The third-order valence-electron chi connectivity index (χ3n) is 4.44. The number of nitrogens with one attached hydrogen (secondary N) is 2. The van der Waals surface area contributed by atoms with Crippen molar-refractivity contribution in [3.05, 3.63) is 0 Å². The maximum atomic E-state index is 12.5. The normalized spacial score (nSPS) is 14.5. The van der Waals surface area contributed by atoms with Crippen LogP contribution in [0, 0.1) is 5.92 Å². The maximum Gasteiger partial charge on any atom is 0.305 e. The molecule has 0 spiro atoms. The van der Waals surface area contributed by atoms with Crippen molar-refractivity contribution in [3.8, 4) is 0 Å². The fraction of sp³-hybridized carbons (Fsp3) is 0.812. The van der Waals surface area contributed by atoms with E-state index >= 15 is 0 Å². The molecule has 25 heavy (non-hydrogen) atoms. The predicted octanol–water partition coefficient (Wildman–Crippen LogP) is 0.679. The van der Waals surface area contributed by atoms with E-state index in [2.05, 4.69) is 10.6 Å². The first-order valence-electron chi connectivity index (χ1n) is 8.48. The molecule has 0 saturated heterocycles. The standard InChI is InChI=1S/C16H33N3O5Si/c1-11(14(22)19-10-8-17)13(15(23)18-9-7-12(20)21)24-25(5,6)16(2,3)4/h11,13H,7-10,17H2,1-6H3,(H,18,23)(H,19,22)(H,20,21)/t11-,13+/m1/s1. The molecule has 0 aliphatic rings. The molecule has 0 rings (SSSR count). The summed E-state index contributed by atoms with van der Waals surface area (Å²) in [6, 6.07) is 0. The van der Waals surface area contributed by atoms with Crippen molar-refractivity contribution in [2.75, 3.05) is 19.6 Å². The lowest BCUT2D eigenvalue weighted by atomic mass is 10.0. The van der Waals surface area contributed by atoms with Crippen molar-refractivity contribution in [1.29, 1.82) is 0 Å². The lowest BCUT2D eigenvalue weighted by Crippen LogP contribution is -2.53. The molecule has 0 heterocycles. The average molecular weight is 376 g/mol. The number of rotatable bonds is 10. The van der Waals surface area contributed by atoms with Gasteiger partial charge in [0.15, 0.2) is 8.32 Å². The van der Waals surface area contributed by atoms with E-state index in [1.165, 1.54) is 0 Å². The van der Waals surface area contributed by atoms with Gasteiger partial charge in [0, 0.05) is 19.6 Å². The Kier molecular flexibility index (Phi) is 9.31. The van der Waals surface area contributed by atoms with E-state index in [9.17, 15) is 14.4 Å². The number of aliphatic carboxylic acids is 1. The Morgan fingerprint density at radius 3 is 2.08 bits per heavy atom. The van der Waals surface area contributed by atoms with Crippen LogP contribution < -0.4 is 16.4 Å². The van der Waals surface area contributed by atoms with Crippen molar-refractivity contribution < 1.29 is 23.9 Å². The number of amides is 2. The summed E-state index contributed by atoms with van der Waals surface area (Å²) in [6.45, 7) is 12.3. The Morgan fingerprint density at radius 2 is 1.64 bits per heavy atom. The van der Waals surface area contributed by atoms with Gasteiger partial charge in [-0.1, -0.05) is 27.7 Å². The van der Waals surface area contributed by atoms with Gasteiger partial charge in [-0.2, -0.15) is 0 Å². The molecule has 0 radical (unpaired) electrons. The van der Waals surface area contributed by atoms with E-state index in [-0.39, 0.29) is 23.9 Å². The molecule has 8 nitrogen and oxygen atoms in total. The number of carbonyl (C=O) groups is 3. The largest absolute Gasteiger partial charge is 0.481 e. The van der Waals surface area contributed by atoms with Crippen molar-refractivity contribution in [2.45, 2.75) is 58.4 Å². The zero-order valence-corrected chi connectivity index (χ0v) is 17.1. The summed E-state index contributed by atoms with van der Waals surface area (Å²) in [5, 5.41) is 13.8. The fourth-order valence-corrected chi connectivity index (χ4v) is 3.06. The number of carbonyl (C=O) groups excluding carboxylic acids is 2. The number of carboxylic acid groups (broad SMARTS) is 1. The summed E-state index contributed by atoms with van der Waals surface area (Å²) in [6.07, 6.45) is -1.17. The second kappa shape index (κ2) is 9.88. The van der Waals surface area contributed by atoms with Gasteiger partial charge in [-0.15, -0.1) is 0 Å². The highest BCUT2D eigenvalue weighted by Crippen LogP contribution is 2.38. The van der Waals surface area contributed by atoms with Gasteiger partial charge >= 0.3 is 5.97 Å². The lowest BCUT2D eigenvalue weighted by molar-refractivity contribution is -0.139. The van der Waals surface area contributed by atoms with Crippen LogP contribution in [0.25, 0.3) is 0 Å². The van der Waals surface area contributed by atoms with Crippen LogP contribution in [0.1, 0.15) is 34.1 Å². The van der Waals surface area contributed by atoms with Crippen LogP contribution >= 0.6 is 0 Å². The van der Waals surface area contributed by atoms with Crippen LogP contribution in [-0.2, 0) is 18.8 Å². The topological polar surface area (TPSA) is 131 Å². The maximum absolute atomic E-state index is 12.5. The van der Waals surface area contributed by atoms with Crippen LogP contribution in [0.15, 0.2) is 0 Å². The van der Waals surface area contributed by atoms with Gasteiger partial charge in [-0.05, 0) is 18.1 Å². The van der Waals surface area contributed by atoms with Crippen LogP contribution in [0.3, 0.4) is 0 Å². The second-order valence-electron chi connectivity index (χ2n) is 7.60. The van der Waals surface area contributed by atoms with Crippen LogP contribution in [-0.4, -0.2) is 56.9 Å². The van der Waals surface area contributed by atoms with Crippen molar-refractivity contribution in [1.82, 2.24) is 10.6 Å². The third kappa shape index (κ3) is 7.98. The highest BCUT2D eigenvalue weighted by atomic mass is 28.4. The molecule has 0 saturated carbocycles. The second-order valence-corrected chi connectivity index (χ2v) is 12.4. The Morgan fingerprint density at radius 1 is 1.12 bits per heavy atom. The Balaban J connectivity index is 5.25. The molecular weight excluding hydrogens is 342 g/mol. The highest BCUT2D eigenvalue weighted by molar-refractivity contribution is 6.74. The van der Waals surface area contributed by atoms with Gasteiger partial charge in [0.25, 0.3) is 0 Å². The Labute approximate surface area is 151 Å². The molecule has 0 fully saturated rings. The minimum atomic E-state index is -2.31. The van der Waals surface area contributed by atoms with Gasteiger partial charge in [0.1, 0.15) is 6.10 Å². The highest BCUT2D eigenvalue weighted by Gasteiger charge is 2.43. The molecular formula is C16H33N3O5Si. The Hall–Kier alpha value is -1.45. The van der Waals surface area contributed by atoms with Crippen molar-refractivity contribution in [2.24, 2.45) is 11.7 Å². The molecule has 5 N–H and O–H groups in total. The molecule has 146 valence electrons. The molecule has 9 heteroatoms. The molecule has 0 bridgehead atoms. The van der Waals surface area contributed by atoms with Gasteiger partial charge in [0.2, 0.25) is 11.8 Å². The first-order valence-corrected chi connectivity index (χ1v) is 11.4. The minimum absolute atomic E-state index is 0.0112. The molecule has 0 aliphatic carbocycles. The van der Waals surface area contributed by atoms with Gasteiger partial charge in [-0.25, -0.2) is 0 Å². The summed E-state index contributed by atoms with van der Waals surface area (Å²) in [5.74, 6) is -2.51. The van der Waals surface area contributed by atoms with Crippen LogP contribution in [0.2, 0.25) is 18.1 Å². The smallest absolute Gasteiger partial charge is 0.305 e. The zero-order chi connectivity index (χ0) is 19.8. The molecule has 2 amide bonds. The van der Waals surface area contributed by atoms with E-state index in [1.807, 2.05) is 33.9 Å². The van der Waals surface area contributed by atoms with E-state index in [0.717, 1.165) is 0 Å². The fourth-order valence-electron chi connectivity index (χ4n) is 1.76. The van der Waals surface area contributed by atoms with Crippen molar-refractivity contribution >= 4 is 26.1 Å². The van der Waals surface area contributed by atoms with Gasteiger partial charge < -0.3 is 25.9 Å². The third-order valence-corrected chi connectivity index (χ3v) is 8.89. The van der Waals surface area contributed by atoms with Crippen LogP contribution in [0.5, 0.6) is 0 Å². The first-order chi connectivity index (χ1) is 11.3. The molecule has 0 aromatic rings. The van der Waals surface area contributed by atoms with E-state index in [1.54, 1.807) is 6.92 Å². The van der Waals surface area contributed by atoms with Gasteiger partial charge in [-0.3, -0.25) is 14.4 Å². The molecule has 0 aromatic carbocycles. The SMILES string of the molecule is C[C@@H](C(=O)NCCN)[C@H](O[Si](C)(C)C(C)(C)C)C(=O)NCCC(=O)O. The predicted molar refractivity (Wildman–Crippen MR) is 98.6 cm³/mol. The molecule has 2 atom stereocenters. The van der Waals surface area contributed by atoms with E-state index in [0.29, 0.717) is 13.1 Å². The summed E-state index contributed by atoms with van der Waals surface area (Å²) in [4.78, 5) is 35.4. The summed E-state index contributed by atoms with van der Waals surface area (Å²) < 4.78 is 6.17. The summed E-state index contributed by atoms with van der Waals surface area (Å²) in [7, 11) is -2.31. The van der Waals surface area contributed by atoms with E-state index < -0.39 is 32.2 Å². The average Bonchev–Trinajstić information content (AvgIpc) is 2.47. The van der Waals surface area contributed by atoms with E-state index in [4.69, 9.17) is 15.3 Å². The first kappa shape index (κ1) is 23.5. The number of hydrogen-bond acceptors (Lipinski definition) is 5. The van der Waals surface area contributed by atoms with Gasteiger partial charge in [0.05, 0.1) is 12.3 Å². The quantitative estimate of drug-likeness (QED) is 0.415. The Bertz CT molecular complexity index is 477. The number of carboxylic acids is 1. The lowest BCUT2D eigenvalue weighted by Gasteiger charge is -2.40. The molecule has 0 aliphatic heterocycles. The number of hydrogen-bond donors (Lipinski definition) is 4. The zero-order valence-electron chi connectivity index (χ0n) is 16.1. The molecule has 0 aromatic heterocycles. The van der Waals surface area contributed by atoms with Crippen LogP contribution in [0.4, 0.5) is 0 Å². The number of nitrogens with two attached hydrogens (primary N) is 1. The minimum Gasteiger partial charge on any atom is -0.481 e. The molecule has 0 unspecified atom stereocenters.